The number of carbonyl (C=O) groups is 2. The van der Waals surface area contributed by atoms with E-state index in [0.717, 1.165) is 6.33 Å². The number of H-pyrrole nitrogens is 1. The standard InChI is InChI=1S/C11H5F3N2O3/c12-4-1-5(13)7(6(14)2-4)10(17)8-9(11(18)19)16-3-15-8/h1-3H,(H,15,16)(H,18,19). The SMILES string of the molecule is O=C(O)c1[nH]cnc1C(=O)c1c(F)cc(F)cc1F. The Bertz CT molecular complexity index is 659. The van der Waals surface area contributed by atoms with E-state index in [-0.39, 0.29) is 0 Å². The van der Waals surface area contributed by atoms with Crippen molar-refractivity contribution in [2.75, 3.05) is 0 Å². The Morgan fingerprint density at radius 3 is 2.26 bits per heavy atom. The van der Waals surface area contributed by atoms with Gasteiger partial charge in [0.1, 0.15) is 23.1 Å². The van der Waals surface area contributed by atoms with E-state index in [0.29, 0.717) is 12.1 Å². The molecule has 1 aromatic heterocycles. The number of benzene rings is 1. The highest BCUT2D eigenvalue weighted by Crippen LogP contribution is 2.19. The minimum atomic E-state index is -1.51. The highest BCUT2D eigenvalue weighted by atomic mass is 19.1. The number of carboxylic acids is 1. The molecule has 2 rings (SSSR count). The van der Waals surface area contributed by atoms with Crippen molar-refractivity contribution in [3.05, 3.63) is 52.9 Å². The van der Waals surface area contributed by atoms with Crippen LogP contribution in [0.15, 0.2) is 18.5 Å². The molecule has 2 aromatic rings. The van der Waals surface area contributed by atoms with E-state index in [4.69, 9.17) is 5.11 Å². The zero-order chi connectivity index (χ0) is 14.2. The Labute approximate surface area is 103 Å². The third kappa shape index (κ3) is 2.19. The van der Waals surface area contributed by atoms with Crippen LogP contribution in [0.4, 0.5) is 13.2 Å². The third-order valence-electron chi connectivity index (χ3n) is 2.30. The van der Waals surface area contributed by atoms with Gasteiger partial charge >= 0.3 is 5.97 Å². The second-order valence-corrected chi connectivity index (χ2v) is 3.50. The first-order chi connectivity index (χ1) is 8.91. The number of halogens is 3. The second kappa shape index (κ2) is 4.56. The molecule has 0 fully saturated rings. The molecule has 0 aliphatic carbocycles. The van der Waals surface area contributed by atoms with Gasteiger partial charge in [0.25, 0.3) is 0 Å². The van der Waals surface area contributed by atoms with E-state index in [9.17, 15) is 22.8 Å². The molecule has 0 radical (unpaired) electrons. The van der Waals surface area contributed by atoms with Crippen molar-refractivity contribution < 1.29 is 27.9 Å². The summed E-state index contributed by atoms with van der Waals surface area (Å²) in [6.07, 6.45) is 0.899. The van der Waals surface area contributed by atoms with Crippen LogP contribution < -0.4 is 0 Å². The maximum Gasteiger partial charge on any atom is 0.354 e. The number of nitrogens with zero attached hydrogens (tertiary/aromatic N) is 1. The van der Waals surface area contributed by atoms with E-state index in [1.54, 1.807) is 0 Å². The molecule has 0 aliphatic rings. The number of imidazole rings is 1. The molecule has 0 saturated heterocycles. The number of carboxylic acid groups (broad SMARTS) is 1. The Kier molecular flexibility index (Phi) is 3.07. The quantitative estimate of drug-likeness (QED) is 0.832. The molecule has 19 heavy (non-hydrogen) atoms. The first-order valence-electron chi connectivity index (χ1n) is 4.87. The summed E-state index contributed by atoms with van der Waals surface area (Å²) >= 11 is 0. The Hall–Kier alpha value is -2.64. The lowest BCUT2D eigenvalue weighted by Crippen LogP contribution is -2.13. The molecule has 0 amide bonds. The highest BCUT2D eigenvalue weighted by molar-refractivity contribution is 6.12. The fraction of sp³-hybridized carbons (Fsp3) is 0. The molecule has 2 N–H and O–H groups in total. The van der Waals surface area contributed by atoms with E-state index in [1.807, 2.05) is 0 Å². The number of aromatic amines is 1. The van der Waals surface area contributed by atoms with Gasteiger partial charge in [0.05, 0.1) is 11.9 Å². The maximum absolute atomic E-state index is 13.4. The summed E-state index contributed by atoms with van der Waals surface area (Å²) in [5.41, 5.74) is -2.32. The van der Waals surface area contributed by atoms with Crippen molar-refractivity contribution >= 4 is 11.8 Å². The number of ketones is 1. The Balaban J connectivity index is 2.57. The average molecular weight is 270 g/mol. The monoisotopic (exact) mass is 270 g/mol. The maximum atomic E-state index is 13.4. The molecule has 5 nitrogen and oxygen atoms in total. The lowest BCUT2D eigenvalue weighted by atomic mass is 10.1. The normalized spacial score (nSPS) is 10.5. The number of hydrogen-bond donors (Lipinski definition) is 2. The van der Waals surface area contributed by atoms with Gasteiger partial charge in [-0.3, -0.25) is 4.79 Å². The molecule has 8 heteroatoms. The lowest BCUT2D eigenvalue weighted by Gasteiger charge is -2.03. The summed E-state index contributed by atoms with van der Waals surface area (Å²) in [7, 11) is 0. The van der Waals surface area contributed by atoms with Crippen LogP contribution >= 0.6 is 0 Å². The summed E-state index contributed by atoms with van der Waals surface area (Å²) in [6, 6.07) is 0.646. The van der Waals surface area contributed by atoms with Crippen molar-refractivity contribution in [3.8, 4) is 0 Å². The molecule has 0 saturated carbocycles. The zero-order valence-electron chi connectivity index (χ0n) is 9.08. The number of aromatic nitrogens is 2. The molecule has 0 bridgehead atoms. The summed E-state index contributed by atoms with van der Waals surface area (Å²) in [4.78, 5) is 28.2. The fourth-order valence-corrected chi connectivity index (χ4v) is 1.51. The first-order valence-corrected chi connectivity index (χ1v) is 4.87. The van der Waals surface area contributed by atoms with Crippen LogP contribution in [-0.4, -0.2) is 26.8 Å². The number of hydrogen-bond acceptors (Lipinski definition) is 3. The van der Waals surface area contributed by atoms with Crippen LogP contribution in [0.3, 0.4) is 0 Å². The molecule has 1 aromatic carbocycles. The molecular formula is C11H5F3N2O3. The number of rotatable bonds is 3. The summed E-state index contributed by atoms with van der Waals surface area (Å²) < 4.78 is 39.5. The molecule has 0 atom stereocenters. The summed E-state index contributed by atoms with van der Waals surface area (Å²) in [5.74, 6) is -6.84. The van der Waals surface area contributed by atoms with E-state index in [1.165, 1.54) is 0 Å². The van der Waals surface area contributed by atoms with Gasteiger partial charge in [-0.25, -0.2) is 22.9 Å². The molecule has 98 valence electrons. The van der Waals surface area contributed by atoms with Crippen LogP contribution in [0.25, 0.3) is 0 Å². The van der Waals surface area contributed by atoms with Gasteiger partial charge in [-0.1, -0.05) is 0 Å². The predicted octanol–water partition coefficient (Wildman–Crippen LogP) is 1.76. The van der Waals surface area contributed by atoms with E-state index < -0.39 is 46.2 Å². The average Bonchev–Trinajstić information content (AvgIpc) is 2.75. The number of aromatic carboxylic acids is 1. The second-order valence-electron chi connectivity index (χ2n) is 3.50. The number of carbonyl (C=O) groups excluding carboxylic acids is 1. The van der Waals surface area contributed by atoms with Crippen LogP contribution in [0.1, 0.15) is 26.5 Å². The van der Waals surface area contributed by atoms with Crippen LogP contribution in [0.2, 0.25) is 0 Å². The van der Waals surface area contributed by atoms with Crippen LogP contribution in [-0.2, 0) is 0 Å². The van der Waals surface area contributed by atoms with Gasteiger partial charge in [-0.15, -0.1) is 0 Å². The largest absolute Gasteiger partial charge is 0.477 e. The van der Waals surface area contributed by atoms with Crippen molar-refractivity contribution in [1.29, 1.82) is 0 Å². The van der Waals surface area contributed by atoms with Crippen molar-refractivity contribution in [1.82, 2.24) is 9.97 Å². The smallest absolute Gasteiger partial charge is 0.354 e. The predicted molar refractivity (Wildman–Crippen MR) is 55.3 cm³/mol. The zero-order valence-corrected chi connectivity index (χ0v) is 9.08. The van der Waals surface area contributed by atoms with Crippen molar-refractivity contribution in [2.24, 2.45) is 0 Å². The van der Waals surface area contributed by atoms with Crippen LogP contribution in [0.5, 0.6) is 0 Å². The number of nitrogens with one attached hydrogen (secondary N) is 1. The minimum absolute atomic E-state index is 0.323. The van der Waals surface area contributed by atoms with Gasteiger partial charge < -0.3 is 10.1 Å². The molecule has 0 unspecified atom stereocenters. The summed E-state index contributed by atoms with van der Waals surface area (Å²) in [6.45, 7) is 0. The molecular weight excluding hydrogens is 265 g/mol. The van der Waals surface area contributed by atoms with E-state index in [2.05, 4.69) is 9.97 Å². The molecule has 1 heterocycles. The van der Waals surface area contributed by atoms with Gasteiger partial charge in [-0.05, 0) is 0 Å². The van der Waals surface area contributed by atoms with Gasteiger partial charge in [0.2, 0.25) is 5.78 Å². The first kappa shape index (κ1) is 12.8. The minimum Gasteiger partial charge on any atom is -0.477 e. The van der Waals surface area contributed by atoms with Gasteiger partial charge in [-0.2, -0.15) is 0 Å². The van der Waals surface area contributed by atoms with Crippen molar-refractivity contribution in [3.63, 3.8) is 0 Å². The van der Waals surface area contributed by atoms with Crippen molar-refractivity contribution in [2.45, 2.75) is 0 Å². The molecule has 0 spiro atoms. The third-order valence-corrected chi connectivity index (χ3v) is 2.30. The van der Waals surface area contributed by atoms with Crippen LogP contribution in [0, 0.1) is 17.5 Å². The fourth-order valence-electron chi connectivity index (χ4n) is 1.51. The van der Waals surface area contributed by atoms with Gasteiger partial charge in [0.15, 0.2) is 5.69 Å². The molecule has 0 aliphatic heterocycles. The Morgan fingerprint density at radius 2 is 1.74 bits per heavy atom. The van der Waals surface area contributed by atoms with Gasteiger partial charge in [0, 0.05) is 12.1 Å². The topological polar surface area (TPSA) is 83.0 Å². The lowest BCUT2D eigenvalue weighted by molar-refractivity contribution is 0.0686. The highest BCUT2D eigenvalue weighted by Gasteiger charge is 2.26. The summed E-state index contributed by atoms with van der Waals surface area (Å²) in [5, 5.41) is 8.76. The Morgan fingerprint density at radius 1 is 1.16 bits per heavy atom. The van der Waals surface area contributed by atoms with E-state index >= 15 is 0 Å².